The SMILES string of the molecule is O=C(Nc1nc2cc(F)c(F)cc2s1)c1csc2c1CCCC2. The molecule has 0 radical (unpaired) electrons. The number of hydrogen-bond acceptors (Lipinski definition) is 4. The monoisotopic (exact) mass is 350 g/mol. The molecule has 2 aromatic heterocycles. The number of amides is 1. The lowest BCUT2D eigenvalue weighted by Gasteiger charge is -2.12. The van der Waals surface area contributed by atoms with Crippen LogP contribution in [0.15, 0.2) is 17.5 Å². The molecular formula is C16H12F2N2OS2. The van der Waals surface area contributed by atoms with Gasteiger partial charge in [0.1, 0.15) is 0 Å². The average Bonchev–Trinajstić information content (AvgIpc) is 3.11. The first-order valence-electron chi connectivity index (χ1n) is 7.28. The van der Waals surface area contributed by atoms with Gasteiger partial charge in [-0.1, -0.05) is 11.3 Å². The van der Waals surface area contributed by atoms with Gasteiger partial charge in [-0.15, -0.1) is 11.3 Å². The molecule has 118 valence electrons. The van der Waals surface area contributed by atoms with Crippen molar-refractivity contribution in [1.82, 2.24) is 4.98 Å². The van der Waals surface area contributed by atoms with E-state index in [0.29, 0.717) is 20.9 Å². The van der Waals surface area contributed by atoms with Crippen molar-refractivity contribution in [1.29, 1.82) is 0 Å². The summed E-state index contributed by atoms with van der Waals surface area (Å²) in [5.74, 6) is -2.05. The summed E-state index contributed by atoms with van der Waals surface area (Å²) in [4.78, 5) is 17.9. The summed E-state index contributed by atoms with van der Waals surface area (Å²) < 4.78 is 27.0. The van der Waals surface area contributed by atoms with E-state index in [2.05, 4.69) is 10.3 Å². The number of thiophene rings is 1. The number of benzene rings is 1. The maximum atomic E-state index is 13.3. The Bertz CT molecular complexity index is 877. The molecule has 7 heteroatoms. The first-order valence-corrected chi connectivity index (χ1v) is 8.97. The first kappa shape index (κ1) is 14.7. The van der Waals surface area contributed by atoms with Crippen LogP contribution in [-0.4, -0.2) is 10.9 Å². The molecule has 23 heavy (non-hydrogen) atoms. The van der Waals surface area contributed by atoms with Gasteiger partial charge in [-0.05, 0) is 37.3 Å². The van der Waals surface area contributed by atoms with Gasteiger partial charge in [0.05, 0.1) is 15.8 Å². The molecule has 0 spiro atoms. The van der Waals surface area contributed by atoms with E-state index in [-0.39, 0.29) is 5.91 Å². The van der Waals surface area contributed by atoms with Gasteiger partial charge in [0, 0.05) is 16.3 Å². The summed E-state index contributed by atoms with van der Waals surface area (Å²) in [6, 6.07) is 2.15. The zero-order chi connectivity index (χ0) is 16.0. The molecule has 1 aliphatic carbocycles. The third kappa shape index (κ3) is 2.64. The number of halogens is 2. The predicted octanol–water partition coefficient (Wildman–Crippen LogP) is 4.77. The van der Waals surface area contributed by atoms with Crippen LogP contribution >= 0.6 is 22.7 Å². The van der Waals surface area contributed by atoms with Crippen LogP contribution in [0.25, 0.3) is 10.2 Å². The number of nitrogens with one attached hydrogen (secondary N) is 1. The molecular weight excluding hydrogens is 338 g/mol. The zero-order valence-electron chi connectivity index (χ0n) is 12.0. The molecule has 0 aliphatic heterocycles. The van der Waals surface area contributed by atoms with Gasteiger partial charge in [-0.2, -0.15) is 0 Å². The molecule has 4 rings (SSSR count). The lowest BCUT2D eigenvalue weighted by molar-refractivity contribution is 0.102. The minimum atomic E-state index is -0.937. The Morgan fingerprint density at radius 3 is 2.83 bits per heavy atom. The van der Waals surface area contributed by atoms with Crippen LogP contribution in [-0.2, 0) is 12.8 Å². The number of nitrogens with zero attached hydrogens (tertiary/aromatic N) is 1. The summed E-state index contributed by atoms with van der Waals surface area (Å²) in [5, 5.41) is 4.99. The average molecular weight is 350 g/mol. The van der Waals surface area contributed by atoms with Crippen LogP contribution in [0.1, 0.15) is 33.6 Å². The second-order valence-corrected chi connectivity index (χ2v) is 7.46. The van der Waals surface area contributed by atoms with E-state index in [4.69, 9.17) is 0 Å². The summed E-state index contributed by atoms with van der Waals surface area (Å²) in [5.41, 5.74) is 2.18. The van der Waals surface area contributed by atoms with Gasteiger partial charge in [0.15, 0.2) is 16.8 Å². The van der Waals surface area contributed by atoms with Crippen molar-refractivity contribution in [2.75, 3.05) is 5.32 Å². The number of hydrogen-bond donors (Lipinski definition) is 1. The number of rotatable bonds is 2. The van der Waals surface area contributed by atoms with Crippen molar-refractivity contribution in [2.45, 2.75) is 25.7 Å². The Morgan fingerprint density at radius 1 is 1.17 bits per heavy atom. The fourth-order valence-corrected chi connectivity index (χ4v) is 4.82. The van der Waals surface area contributed by atoms with Crippen molar-refractivity contribution < 1.29 is 13.6 Å². The van der Waals surface area contributed by atoms with E-state index in [1.165, 1.54) is 11.3 Å². The van der Waals surface area contributed by atoms with Crippen LogP contribution in [0.4, 0.5) is 13.9 Å². The summed E-state index contributed by atoms with van der Waals surface area (Å²) >= 11 is 2.76. The Morgan fingerprint density at radius 2 is 1.96 bits per heavy atom. The molecule has 2 heterocycles. The Labute approximate surface area is 139 Å². The smallest absolute Gasteiger partial charge is 0.258 e. The number of fused-ring (bicyclic) bond motifs is 2. The molecule has 3 aromatic rings. The molecule has 1 amide bonds. The molecule has 0 saturated heterocycles. The van der Waals surface area contributed by atoms with Crippen molar-refractivity contribution in [3.8, 4) is 0 Å². The van der Waals surface area contributed by atoms with Gasteiger partial charge < -0.3 is 0 Å². The molecule has 0 atom stereocenters. The highest BCUT2D eigenvalue weighted by atomic mass is 32.1. The van der Waals surface area contributed by atoms with E-state index in [1.54, 1.807) is 11.3 Å². The number of carbonyl (C=O) groups is 1. The molecule has 1 aliphatic rings. The van der Waals surface area contributed by atoms with Crippen LogP contribution in [0, 0.1) is 11.6 Å². The molecule has 0 saturated carbocycles. The fraction of sp³-hybridized carbons (Fsp3) is 0.250. The number of aryl methyl sites for hydroxylation is 1. The molecule has 0 unspecified atom stereocenters. The van der Waals surface area contributed by atoms with E-state index in [9.17, 15) is 13.6 Å². The Balaban J connectivity index is 1.62. The largest absolute Gasteiger partial charge is 0.298 e. The highest BCUT2D eigenvalue weighted by Gasteiger charge is 2.21. The van der Waals surface area contributed by atoms with E-state index >= 15 is 0 Å². The predicted molar refractivity (Wildman–Crippen MR) is 88.5 cm³/mol. The maximum Gasteiger partial charge on any atom is 0.258 e. The molecule has 1 N–H and O–H groups in total. The van der Waals surface area contributed by atoms with Crippen molar-refractivity contribution >= 4 is 43.9 Å². The topological polar surface area (TPSA) is 42.0 Å². The highest BCUT2D eigenvalue weighted by Crippen LogP contribution is 2.32. The van der Waals surface area contributed by atoms with Crippen molar-refractivity contribution in [3.05, 3.63) is 45.2 Å². The van der Waals surface area contributed by atoms with Gasteiger partial charge in [-0.3, -0.25) is 10.1 Å². The molecule has 0 fully saturated rings. The number of thiazole rings is 1. The van der Waals surface area contributed by atoms with Gasteiger partial charge in [0.2, 0.25) is 0 Å². The summed E-state index contributed by atoms with van der Waals surface area (Å²) in [6.07, 6.45) is 4.23. The van der Waals surface area contributed by atoms with Gasteiger partial charge >= 0.3 is 0 Å². The third-order valence-electron chi connectivity index (χ3n) is 3.96. The highest BCUT2D eigenvalue weighted by molar-refractivity contribution is 7.22. The minimum Gasteiger partial charge on any atom is -0.298 e. The van der Waals surface area contributed by atoms with Crippen molar-refractivity contribution in [2.24, 2.45) is 0 Å². The van der Waals surface area contributed by atoms with Crippen LogP contribution < -0.4 is 5.32 Å². The molecule has 0 bridgehead atoms. The maximum absolute atomic E-state index is 13.3. The van der Waals surface area contributed by atoms with E-state index in [1.807, 2.05) is 5.38 Å². The second-order valence-electron chi connectivity index (χ2n) is 5.47. The molecule has 1 aromatic carbocycles. The Hall–Kier alpha value is -1.86. The quantitative estimate of drug-likeness (QED) is 0.723. The third-order valence-corrected chi connectivity index (χ3v) is 5.98. The van der Waals surface area contributed by atoms with E-state index in [0.717, 1.165) is 48.3 Å². The zero-order valence-corrected chi connectivity index (χ0v) is 13.6. The number of carbonyl (C=O) groups excluding carboxylic acids is 1. The lowest BCUT2D eigenvalue weighted by atomic mass is 9.96. The number of anilines is 1. The van der Waals surface area contributed by atoms with E-state index < -0.39 is 11.6 Å². The standard InChI is InChI=1S/C16H12F2N2OS2/c17-10-5-12-14(6-11(10)18)23-16(19-12)20-15(21)9-7-22-13-4-2-1-3-8(9)13/h5-7H,1-4H2,(H,19,20,21). The van der Waals surface area contributed by atoms with Gasteiger partial charge in [-0.25, -0.2) is 13.8 Å². The first-order chi connectivity index (χ1) is 11.1. The van der Waals surface area contributed by atoms with Crippen LogP contribution in [0.2, 0.25) is 0 Å². The lowest BCUT2D eigenvalue weighted by Crippen LogP contribution is -2.14. The van der Waals surface area contributed by atoms with Crippen LogP contribution in [0.5, 0.6) is 0 Å². The normalized spacial score (nSPS) is 14.0. The second kappa shape index (κ2) is 5.65. The van der Waals surface area contributed by atoms with Crippen LogP contribution in [0.3, 0.4) is 0 Å². The summed E-state index contributed by atoms with van der Waals surface area (Å²) in [6.45, 7) is 0. The number of aromatic nitrogens is 1. The summed E-state index contributed by atoms with van der Waals surface area (Å²) in [7, 11) is 0. The Kier molecular flexibility index (Phi) is 3.61. The van der Waals surface area contributed by atoms with Gasteiger partial charge in [0.25, 0.3) is 5.91 Å². The fourth-order valence-electron chi connectivity index (χ4n) is 2.83. The minimum absolute atomic E-state index is 0.204. The van der Waals surface area contributed by atoms with Crippen molar-refractivity contribution in [3.63, 3.8) is 0 Å². The molecule has 3 nitrogen and oxygen atoms in total.